The minimum atomic E-state index is -0.703. The van der Waals surface area contributed by atoms with Gasteiger partial charge < -0.3 is 14.6 Å². The van der Waals surface area contributed by atoms with Gasteiger partial charge >= 0.3 is 5.97 Å². The Morgan fingerprint density at radius 1 is 0.833 bits per heavy atom. The highest BCUT2D eigenvalue weighted by Gasteiger charge is 2.64. The van der Waals surface area contributed by atoms with E-state index in [0.717, 1.165) is 48.8 Å². The van der Waals surface area contributed by atoms with Gasteiger partial charge in [-0.1, -0.05) is 118 Å². The first-order chi connectivity index (χ1) is 22.9. The SMILES string of the molecule is C[C@H]1CC[C@@H]2C[C@@H](O)[C@@]3(C)C[C@@H](COC(=O)C(C)(C)C)C[C@H]3[C@@]2(C)[C@@H]1CCCOC(c1ccccc1)(c1ccccc1)c1ccccc1. The molecule has 3 fully saturated rings. The van der Waals surface area contributed by atoms with Gasteiger partial charge in [0.15, 0.2) is 0 Å². The predicted octanol–water partition coefficient (Wildman–Crippen LogP) is 9.83. The second-order valence-electron chi connectivity index (χ2n) is 17.0. The Hall–Kier alpha value is -2.95. The van der Waals surface area contributed by atoms with Crippen molar-refractivity contribution in [3.8, 4) is 0 Å². The van der Waals surface area contributed by atoms with Crippen LogP contribution in [-0.2, 0) is 19.9 Å². The molecule has 3 aromatic carbocycles. The molecule has 0 spiro atoms. The number of esters is 1. The maximum absolute atomic E-state index is 12.7. The third-order valence-electron chi connectivity index (χ3n) is 13.0. The Kier molecular flexibility index (Phi) is 10.00. The van der Waals surface area contributed by atoms with Crippen LogP contribution in [0.25, 0.3) is 0 Å². The van der Waals surface area contributed by atoms with Crippen molar-refractivity contribution in [3.05, 3.63) is 108 Å². The van der Waals surface area contributed by atoms with Crippen molar-refractivity contribution in [1.29, 1.82) is 0 Å². The van der Waals surface area contributed by atoms with Crippen molar-refractivity contribution in [3.63, 3.8) is 0 Å². The molecule has 4 heteroatoms. The van der Waals surface area contributed by atoms with Gasteiger partial charge in [0, 0.05) is 6.61 Å². The van der Waals surface area contributed by atoms with Gasteiger partial charge in [-0.15, -0.1) is 0 Å². The zero-order valence-electron chi connectivity index (χ0n) is 30.2. The van der Waals surface area contributed by atoms with E-state index in [9.17, 15) is 9.90 Å². The Morgan fingerprint density at radius 2 is 1.38 bits per heavy atom. The summed E-state index contributed by atoms with van der Waals surface area (Å²) in [5.41, 5.74) is 2.19. The maximum Gasteiger partial charge on any atom is 0.311 e. The zero-order valence-corrected chi connectivity index (χ0v) is 30.2. The number of rotatable bonds is 10. The molecule has 0 radical (unpaired) electrons. The van der Waals surface area contributed by atoms with Gasteiger partial charge in [-0.05, 0) is 116 Å². The molecule has 8 atom stereocenters. The molecule has 4 nitrogen and oxygen atoms in total. The lowest BCUT2D eigenvalue weighted by Crippen LogP contribution is -2.58. The average molecular weight is 651 g/mol. The van der Waals surface area contributed by atoms with Gasteiger partial charge in [-0.3, -0.25) is 4.79 Å². The van der Waals surface area contributed by atoms with Crippen molar-refractivity contribution in [1.82, 2.24) is 0 Å². The average Bonchev–Trinajstić information content (AvgIpc) is 3.45. The normalized spacial score (nSPS) is 31.9. The molecule has 0 unspecified atom stereocenters. The summed E-state index contributed by atoms with van der Waals surface area (Å²) in [5, 5.41) is 11.7. The lowest BCUT2D eigenvalue weighted by Gasteiger charge is -2.62. The van der Waals surface area contributed by atoms with Crippen LogP contribution in [0.3, 0.4) is 0 Å². The lowest BCUT2D eigenvalue weighted by molar-refractivity contribution is -0.173. The molecule has 0 saturated heterocycles. The van der Waals surface area contributed by atoms with Crippen molar-refractivity contribution >= 4 is 5.97 Å². The highest BCUT2D eigenvalue weighted by Crippen LogP contribution is 2.69. The Labute approximate surface area is 289 Å². The first-order valence-electron chi connectivity index (χ1n) is 18.6. The third-order valence-corrected chi connectivity index (χ3v) is 13.0. The van der Waals surface area contributed by atoms with Crippen LogP contribution in [0.15, 0.2) is 91.0 Å². The minimum Gasteiger partial charge on any atom is -0.465 e. The maximum atomic E-state index is 12.7. The molecule has 0 aromatic heterocycles. The molecule has 258 valence electrons. The van der Waals surface area contributed by atoms with E-state index in [1.54, 1.807) is 0 Å². The number of hydrogen-bond acceptors (Lipinski definition) is 4. The zero-order chi connectivity index (χ0) is 34.2. The number of benzene rings is 3. The summed E-state index contributed by atoms with van der Waals surface area (Å²) >= 11 is 0. The van der Waals surface area contributed by atoms with E-state index in [0.29, 0.717) is 42.8 Å². The van der Waals surface area contributed by atoms with Crippen LogP contribution in [0.1, 0.15) is 103 Å². The molecule has 3 aliphatic rings. The molecule has 0 aliphatic heterocycles. The summed E-state index contributed by atoms with van der Waals surface area (Å²) in [4.78, 5) is 12.7. The fourth-order valence-electron chi connectivity index (χ4n) is 10.6. The topological polar surface area (TPSA) is 55.8 Å². The van der Waals surface area contributed by atoms with Gasteiger partial charge in [0.1, 0.15) is 5.60 Å². The van der Waals surface area contributed by atoms with E-state index in [-0.39, 0.29) is 22.9 Å². The van der Waals surface area contributed by atoms with Crippen LogP contribution >= 0.6 is 0 Å². The van der Waals surface area contributed by atoms with Gasteiger partial charge in [0.25, 0.3) is 0 Å². The Morgan fingerprint density at radius 3 is 1.90 bits per heavy atom. The molecular formula is C44H58O4. The van der Waals surface area contributed by atoms with Crippen molar-refractivity contribution in [2.75, 3.05) is 13.2 Å². The number of ether oxygens (including phenoxy) is 2. The van der Waals surface area contributed by atoms with Crippen LogP contribution in [-0.4, -0.2) is 30.4 Å². The first-order valence-corrected chi connectivity index (χ1v) is 18.6. The predicted molar refractivity (Wildman–Crippen MR) is 193 cm³/mol. The summed E-state index contributed by atoms with van der Waals surface area (Å²) in [6, 6.07) is 32.0. The van der Waals surface area contributed by atoms with E-state index >= 15 is 0 Å². The number of aliphatic hydroxyl groups excluding tert-OH is 1. The standard InChI is InChI=1S/C44H58O4/c1-31-24-25-36-28-39(45)42(5)29-32(30-47-40(46)41(2,3)4)27-38(42)43(36,6)37(31)23-16-26-48-44(33-17-10-7-11-18-33,34-19-12-8-13-20-34)35-21-14-9-15-22-35/h7-15,17-22,31-32,36-39,45H,16,23-30H2,1-6H3/t31-,32-,36+,37+,38+,39+,42-,43+/m0/s1. The fourth-order valence-corrected chi connectivity index (χ4v) is 10.6. The monoisotopic (exact) mass is 650 g/mol. The highest BCUT2D eigenvalue weighted by atomic mass is 16.5. The van der Waals surface area contributed by atoms with E-state index in [1.165, 1.54) is 12.8 Å². The quantitative estimate of drug-likeness (QED) is 0.135. The largest absolute Gasteiger partial charge is 0.465 e. The minimum absolute atomic E-state index is 0.129. The number of fused-ring (bicyclic) bond motifs is 3. The summed E-state index contributed by atoms with van der Waals surface area (Å²) in [7, 11) is 0. The second kappa shape index (κ2) is 13.8. The summed E-state index contributed by atoms with van der Waals surface area (Å²) < 4.78 is 13.1. The second-order valence-corrected chi connectivity index (χ2v) is 17.0. The summed E-state index contributed by atoms with van der Waals surface area (Å²) in [5.74, 6) is 2.25. The van der Waals surface area contributed by atoms with E-state index in [2.05, 4.69) is 112 Å². The molecular weight excluding hydrogens is 592 g/mol. The van der Waals surface area contributed by atoms with Crippen molar-refractivity contribution < 1.29 is 19.4 Å². The van der Waals surface area contributed by atoms with Crippen LogP contribution in [0.4, 0.5) is 0 Å². The third kappa shape index (κ3) is 6.29. The first kappa shape index (κ1) is 34.9. The van der Waals surface area contributed by atoms with Crippen LogP contribution in [0.5, 0.6) is 0 Å². The highest BCUT2D eigenvalue weighted by molar-refractivity contribution is 5.75. The molecule has 0 bridgehead atoms. The van der Waals surface area contributed by atoms with E-state index in [1.807, 2.05) is 20.8 Å². The van der Waals surface area contributed by atoms with E-state index in [4.69, 9.17) is 9.47 Å². The van der Waals surface area contributed by atoms with Crippen LogP contribution < -0.4 is 0 Å². The van der Waals surface area contributed by atoms with Crippen molar-refractivity contribution in [2.24, 2.45) is 45.8 Å². The molecule has 0 heterocycles. The van der Waals surface area contributed by atoms with Gasteiger partial charge in [-0.2, -0.15) is 0 Å². The van der Waals surface area contributed by atoms with Gasteiger partial charge in [-0.25, -0.2) is 0 Å². The summed E-state index contributed by atoms with van der Waals surface area (Å²) in [6.07, 6.45) is 7.03. The van der Waals surface area contributed by atoms with Crippen molar-refractivity contribution in [2.45, 2.75) is 98.2 Å². The number of carbonyl (C=O) groups is 1. The lowest BCUT2D eigenvalue weighted by atomic mass is 9.43. The van der Waals surface area contributed by atoms with Crippen LogP contribution in [0, 0.1) is 45.8 Å². The molecule has 3 aromatic rings. The smallest absolute Gasteiger partial charge is 0.311 e. The van der Waals surface area contributed by atoms with Gasteiger partial charge in [0.05, 0.1) is 18.1 Å². The molecule has 1 N–H and O–H groups in total. The molecule has 3 aliphatic carbocycles. The number of hydrogen-bond donors (Lipinski definition) is 1. The fraction of sp³-hybridized carbons (Fsp3) is 0.568. The number of carbonyl (C=O) groups excluding carboxylic acids is 1. The Bertz CT molecular complexity index is 1400. The summed E-state index contributed by atoms with van der Waals surface area (Å²) in [6.45, 7) is 14.2. The van der Waals surface area contributed by atoms with Gasteiger partial charge in [0.2, 0.25) is 0 Å². The Balaban J connectivity index is 1.24. The number of aliphatic hydroxyl groups is 1. The molecule has 6 rings (SSSR count). The molecule has 48 heavy (non-hydrogen) atoms. The molecule has 0 amide bonds. The molecule has 3 saturated carbocycles. The van der Waals surface area contributed by atoms with E-state index < -0.39 is 11.0 Å². The van der Waals surface area contributed by atoms with Crippen LogP contribution in [0.2, 0.25) is 0 Å².